The third-order valence-electron chi connectivity index (χ3n) is 1.98. The van der Waals surface area contributed by atoms with Crippen LogP contribution in [0.25, 0.3) is 11.0 Å². The van der Waals surface area contributed by atoms with Crippen LogP contribution in [-0.2, 0) is 6.54 Å². The fourth-order valence-corrected chi connectivity index (χ4v) is 1.34. The molecule has 3 nitrogen and oxygen atoms in total. The molecule has 1 aromatic heterocycles. The summed E-state index contributed by atoms with van der Waals surface area (Å²) in [6, 6.07) is 3.59. The first-order valence-electron chi connectivity index (χ1n) is 4.08. The fraction of sp³-hybridized carbons (Fsp3) is 0.222. The number of rotatable bonds is 2. The van der Waals surface area contributed by atoms with E-state index in [1.54, 1.807) is 13.1 Å². The molecular weight excluding hydrogens is 169 g/mol. The minimum absolute atomic E-state index is 0.242. The normalized spacial score (nSPS) is 10.9. The van der Waals surface area contributed by atoms with Gasteiger partial charge in [-0.15, -0.1) is 0 Å². The van der Waals surface area contributed by atoms with Gasteiger partial charge in [0, 0.05) is 12.1 Å². The van der Waals surface area contributed by atoms with Gasteiger partial charge in [0.25, 0.3) is 0 Å². The maximum atomic E-state index is 13.6. The van der Waals surface area contributed by atoms with Crippen LogP contribution in [0.15, 0.2) is 18.5 Å². The van der Waals surface area contributed by atoms with Crippen molar-refractivity contribution in [2.24, 2.45) is 0 Å². The highest BCUT2D eigenvalue weighted by molar-refractivity contribution is 5.75. The van der Waals surface area contributed by atoms with E-state index in [4.69, 9.17) is 0 Å². The number of halogens is 1. The Bertz CT molecular complexity index is 422. The number of hydrogen-bond acceptors (Lipinski definition) is 2. The summed E-state index contributed by atoms with van der Waals surface area (Å²) in [7, 11) is 1.79. The molecule has 0 saturated heterocycles. The third-order valence-corrected chi connectivity index (χ3v) is 1.98. The molecule has 1 heterocycles. The lowest BCUT2D eigenvalue weighted by molar-refractivity contribution is 0.610. The number of benzene rings is 1. The minimum atomic E-state index is -0.242. The second-order valence-corrected chi connectivity index (χ2v) is 2.87. The van der Waals surface area contributed by atoms with E-state index in [1.165, 1.54) is 6.33 Å². The van der Waals surface area contributed by atoms with Crippen LogP contribution in [0.5, 0.6) is 0 Å². The Labute approximate surface area is 75.0 Å². The molecule has 0 radical (unpaired) electrons. The number of imidazole rings is 1. The van der Waals surface area contributed by atoms with E-state index in [9.17, 15) is 4.39 Å². The Hall–Kier alpha value is -1.42. The van der Waals surface area contributed by atoms with Gasteiger partial charge in [0.1, 0.15) is 5.52 Å². The molecule has 0 aliphatic carbocycles. The van der Waals surface area contributed by atoms with Crippen LogP contribution in [0.2, 0.25) is 0 Å². The molecule has 1 aromatic carbocycles. The van der Waals surface area contributed by atoms with Crippen molar-refractivity contribution in [3.05, 3.63) is 29.8 Å². The SMILES string of the molecule is CNCc1ccc2[nH]cnc2c1F. The second kappa shape index (κ2) is 3.14. The van der Waals surface area contributed by atoms with Gasteiger partial charge >= 0.3 is 0 Å². The molecule has 13 heavy (non-hydrogen) atoms. The Kier molecular flexibility index (Phi) is 1.98. The van der Waals surface area contributed by atoms with E-state index in [0.717, 1.165) is 5.52 Å². The summed E-state index contributed by atoms with van der Waals surface area (Å²) >= 11 is 0. The molecule has 0 bridgehead atoms. The Balaban J connectivity index is 2.59. The number of hydrogen-bond donors (Lipinski definition) is 2. The third kappa shape index (κ3) is 1.29. The van der Waals surface area contributed by atoms with Crippen LogP contribution in [0.3, 0.4) is 0 Å². The monoisotopic (exact) mass is 179 g/mol. The molecule has 0 aliphatic rings. The average molecular weight is 179 g/mol. The lowest BCUT2D eigenvalue weighted by Gasteiger charge is -2.01. The van der Waals surface area contributed by atoms with Gasteiger partial charge in [-0.1, -0.05) is 6.07 Å². The summed E-state index contributed by atoms with van der Waals surface area (Å²) in [4.78, 5) is 6.76. The van der Waals surface area contributed by atoms with Gasteiger partial charge < -0.3 is 10.3 Å². The molecule has 2 N–H and O–H groups in total. The highest BCUT2D eigenvalue weighted by atomic mass is 19.1. The molecule has 0 atom stereocenters. The van der Waals surface area contributed by atoms with E-state index < -0.39 is 0 Å². The quantitative estimate of drug-likeness (QED) is 0.732. The molecule has 0 aliphatic heterocycles. The van der Waals surface area contributed by atoms with Gasteiger partial charge in [-0.05, 0) is 13.1 Å². The number of aromatic nitrogens is 2. The standard InChI is InChI=1S/C9H10FN3/c1-11-4-6-2-3-7-9(8(6)10)13-5-12-7/h2-3,5,11H,4H2,1H3,(H,12,13). The summed E-state index contributed by atoms with van der Waals surface area (Å²) in [5, 5.41) is 2.90. The van der Waals surface area contributed by atoms with Crippen LogP contribution in [0, 0.1) is 5.82 Å². The molecule has 68 valence electrons. The summed E-state index contributed by atoms with van der Waals surface area (Å²) in [6.07, 6.45) is 1.50. The minimum Gasteiger partial charge on any atom is -0.345 e. The first kappa shape index (κ1) is 8.19. The largest absolute Gasteiger partial charge is 0.345 e. The smallest absolute Gasteiger partial charge is 0.155 e. The zero-order chi connectivity index (χ0) is 9.26. The molecule has 0 unspecified atom stereocenters. The van der Waals surface area contributed by atoms with E-state index >= 15 is 0 Å². The Morgan fingerprint density at radius 3 is 3.15 bits per heavy atom. The zero-order valence-corrected chi connectivity index (χ0v) is 7.26. The average Bonchev–Trinajstić information content (AvgIpc) is 2.58. The molecule has 0 spiro atoms. The molecular formula is C9H10FN3. The number of fused-ring (bicyclic) bond motifs is 1. The van der Waals surface area contributed by atoms with E-state index in [-0.39, 0.29) is 5.82 Å². The second-order valence-electron chi connectivity index (χ2n) is 2.87. The van der Waals surface area contributed by atoms with Crippen LogP contribution in [0.4, 0.5) is 4.39 Å². The lowest BCUT2D eigenvalue weighted by atomic mass is 10.2. The van der Waals surface area contributed by atoms with Gasteiger partial charge in [-0.2, -0.15) is 0 Å². The molecule has 0 fully saturated rings. The molecule has 0 amide bonds. The van der Waals surface area contributed by atoms with E-state index in [2.05, 4.69) is 15.3 Å². The fourth-order valence-electron chi connectivity index (χ4n) is 1.34. The number of H-pyrrole nitrogens is 1. The summed E-state index contributed by atoms with van der Waals surface area (Å²) < 4.78 is 13.6. The van der Waals surface area contributed by atoms with Crippen molar-refractivity contribution in [3.63, 3.8) is 0 Å². The summed E-state index contributed by atoms with van der Waals surface area (Å²) in [5.41, 5.74) is 1.78. The van der Waals surface area contributed by atoms with Crippen LogP contribution in [0.1, 0.15) is 5.56 Å². The Morgan fingerprint density at radius 1 is 1.54 bits per heavy atom. The van der Waals surface area contributed by atoms with Crippen LogP contribution in [-0.4, -0.2) is 17.0 Å². The number of nitrogens with zero attached hydrogens (tertiary/aromatic N) is 1. The van der Waals surface area contributed by atoms with Gasteiger partial charge in [0.2, 0.25) is 0 Å². The van der Waals surface area contributed by atoms with Crippen molar-refractivity contribution in [3.8, 4) is 0 Å². The summed E-state index contributed by atoms with van der Waals surface area (Å²) in [6.45, 7) is 0.522. The topological polar surface area (TPSA) is 40.7 Å². The molecule has 2 rings (SSSR count). The van der Waals surface area contributed by atoms with Gasteiger partial charge in [-0.25, -0.2) is 9.37 Å². The number of aromatic amines is 1. The predicted octanol–water partition coefficient (Wildman–Crippen LogP) is 1.42. The van der Waals surface area contributed by atoms with Crippen molar-refractivity contribution in [1.82, 2.24) is 15.3 Å². The van der Waals surface area contributed by atoms with Crippen LogP contribution < -0.4 is 5.32 Å². The van der Waals surface area contributed by atoms with Gasteiger partial charge in [-0.3, -0.25) is 0 Å². The van der Waals surface area contributed by atoms with E-state index in [1.807, 2.05) is 6.07 Å². The zero-order valence-electron chi connectivity index (χ0n) is 7.26. The highest BCUT2D eigenvalue weighted by Crippen LogP contribution is 2.17. The maximum absolute atomic E-state index is 13.6. The van der Waals surface area contributed by atoms with Crippen molar-refractivity contribution in [2.75, 3.05) is 7.05 Å². The lowest BCUT2D eigenvalue weighted by Crippen LogP contribution is -2.07. The first-order valence-corrected chi connectivity index (χ1v) is 4.08. The molecule has 0 saturated carbocycles. The molecule has 4 heteroatoms. The van der Waals surface area contributed by atoms with Gasteiger partial charge in [0.15, 0.2) is 5.82 Å². The molecule has 2 aromatic rings. The van der Waals surface area contributed by atoms with E-state index in [0.29, 0.717) is 17.6 Å². The predicted molar refractivity (Wildman–Crippen MR) is 48.8 cm³/mol. The van der Waals surface area contributed by atoms with Crippen molar-refractivity contribution >= 4 is 11.0 Å². The first-order chi connectivity index (χ1) is 6.33. The number of nitrogens with one attached hydrogen (secondary N) is 2. The van der Waals surface area contributed by atoms with Gasteiger partial charge in [0.05, 0.1) is 11.8 Å². The summed E-state index contributed by atoms with van der Waals surface area (Å²) in [5.74, 6) is -0.242. The van der Waals surface area contributed by atoms with Crippen LogP contribution >= 0.6 is 0 Å². The maximum Gasteiger partial charge on any atom is 0.155 e. The highest BCUT2D eigenvalue weighted by Gasteiger charge is 2.07. The van der Waals surface area contributed by atoms with Crippen molar-refractivity contribution < 1.29 is 4.39 Å². The van der Waals surface area contributed by atoms with Crippen molar-refractivity contribution in [1.29, 1.82) is 0 Å². The van der Waals surface area contributed by atoms with Crippen molar-refractivity contribution in [2.45, 2.75) is 6.54 Å². The Morgan fingerprint density at radius 2 is 2.38 bits per heavy atom.